The van der Waals surface area contributed by atoms with Crippen molar-refractivity contribution in [3.05, 3.63) is 28.7 Å². The highest BCUT2D eigenvalue weighted by molar-refractivity contribution is 9.10. The van der Waals surface area contributed by atoms with E-state index in [0.717, 1.165) is 29.6 Å². The second kappa shape index (κ2) is 5.54. The van der Waals surface area contributed by atoms with Crippen molar-refractivity contribution in [3.8, 4) is 5.75 Å². The van der Waals surface area contributed by atoms with Gasteiger partial charge in [0.25, 0.3) is 5.91 Å². The highest BCUT2D eigenvalue weighted by Gasteiger charge is 2.31. The van der Waals surface area contributed by atoms with Crippen LogP contribution in [-0.2, 0) is 4.79 Å². The van der Waals surface area contributed by atoms with Gasteiger partial charge in [0.05, 0.1) is 0 Å². The van der Waals surface area contributed by atoms with Gasteiger partial charge in [-0.1, -0.05) is 15.9 Å². The highest BCUT2D eigenvalue weighted by Crippen LogP contribution is 2.26. The van der Waals surface area contributed by atoms with Crippen LogP contribution in [0, 0.1) is 0 Å². The first-order chi connectivity index (χ1) is 8.20. The predicted octanol–water partition coefficient (Wildman–Crippen LogP) is 2.84. The predicted molar refractivity (Wildman–Crippen MR) is 70.0 cm³/mol. The van der Waals surface area contributed by atoms with E-state index in [0.29, 0.717) is 6.04 Å². The Labute approximate surface area is 110 Å². The molecule has 1 aromatic carbocycles. The lowest BCUT2D eigenvalue weighted by Crippen LogP contribution is -2.36. The molecule has 0 heterocycles. The number of carbonyl (C=O) groups excluding carboxylic acids is 1. The van der Waals surface area contributed by atoms with Crippen molar-refractivity contribution < 1.29 is 9.53 Å². The van der Waals surface area contributed by atoms with E-state index < -0.39 is 0 Å². The molecular weight excluding hydrogens is 282 g/mol. The molecule has 1 saturated carbocycles. The van der Waals surface area contributed by atoms with Crippen LogP contribution >= 0.6 is 15.9 Å². The van der Waals surface area contributed by atoms with Crippen LogP contribution in [0.2, 0.25) is 0 Å². The summed E-state index contributed by atoms with van der Waals surface area (Å²) >= 11 is 3.36. The van der Waals surface area contributed by atoms with Gasteiger partial charge in [0.2, 0.25) is 0 Å². The standard InChI is InChI=1S/C13H16BrNO2/c1-2-15(11-5-6-11)13(16)9-17-12-7-3-10(14)4-8-12/h3-4,7-8,11H,2,5-6,9H2,1H3. The SMILES string of the molecule is CCN(C(=O)COc1ccc(Br)cc1)C1CC1. The number of halogens is 1. The van der Waals surface area contributed by atoms with E-state index >= 15 is 0 Å². The number of nitrogens with zero attached hydrogens (tertiary/aromatic N) is 1. The van der Waals surface area contributed by atoms with Gasteiger partial charge < -0.3 is 9.64 Å². The topological polar surface area (TPSA) is 29.5 Å². The molecule has 0 unspecified atom stereocenters. The lowest BCUT2D eigenvalue weighted by Gasteiger charge is -2.20. The zero-order chi connectivity index (χ0) is 12.3. The third-order valence-electron chi connectivity index (χ3n) is 2.82. The summed E-state index contributed by atoms with van der Waals surface area (Å²) in [6, 6.07) is 7.97. The Morgan fingerprint density at radius 2 is 2.06 bits per heavy atom. The van der Waals surface area contributed by atoms with E-state index in [1.807, 2.05) is 36.1 Å². The summed E-state index contributed by atoms with van der Waals surface area (Å²) in [5.74, 6) is 0.811. The third kappa shape index (κ3) is 3.46. The summed E-state index contributed by atoms with van der Waals surface area (Å²) in [5.41, 5.74) is 0. The Morgan fingerprint density at radius 3 is 2.59 bits per heavy atom. The molecule has 2 rings (SSSR count). The molecule has 4 heteroatoms. The monoisotopic (exact) mass is 297 g/mol. The van der Waals surface area contributed by atoms with Gasteiger partial charge in [0.1, 0.15) is 5.75 Å². The number of benzene rings is 1. The summed E-state index contributed by atoms with van der Waals surface area (Å²) < 4.78 is 6.48. The second-order valence-electron chi connectivity index (χ2n) is 4.15. The van der Waals surface area contributed by atoms with Crippen molar-refractivity contribution >= 4 is 21.8 Å². The molecule has 0 N–H and O–H groups in total. The van der Waals surface area contributed by atoms with E-state index in [9.17, 15) is 4.79 Å². The molecule has 17 heavy (non-hydrogen) atoms. The first-order valence-electron chi connectivity index (χ1n) is 5.88. The fourth-order valence-corrected chi connectivity index (χ4v) is 2.05. The smallest absolute Gasteiger partial charge is 0.260 e. The largest absolute Gasteiger partial charge is 0.484 e. The number of amides is 1. The van der Waals surface area contributed by atoms with Crippen molar-refractivity contribution in [2.45, 2.75) is 25.8 Å². The molecule has 0 aliphatic heterocycles. The normalized spacial score (nSPS) is 14.5. The van der Waals surface area contributed by atoms with Gasteiger partial charge in [-0.25, -0.2) is 0 Å². The van der Waals surface area contributed by atoms with Gasteiger partial charge >= 0.3 is 0 Å². The first-order valence-corrected chi connectivity index (χ1v) is 6.68. The Kier molecular flexibility index (Phi) is 4.05. The Morgan fingerprint density at radius 1 is 1.41 bits per heavy atom. The Balaban J connectivity index is 1.84. The van der Waals surface area contributed by atoms with Crippen LogP contribution < -0.4 is 4.74 Å². The Hall–Kier alpha value is -1.03. The summed E-state index contributed by atoms with van der Waals surface area (Å²) in [5, 5.41) is 0. The second-order valence-corrected chi connectivity index (χ2v) is 5.07. The van der Waals surface area contributed by atoms with Crippen molar-refractivity contribution in [2.24, 2.45) is 0 Å². The third-order valence-corrected chi connectivity index (χ3v) is 3.35. The van der Waals surface area contributed by atoms with Crippen LogP contribution in [0.25, 0.3) is 0 Å². The summed E-state index contributed by atoms with van der Waals surface area (Å²) in [6.07, 6.45) is 2.27. The van der Waals surface area contributed by atoms with Gasteiger partial charge in [-0.15, -0.1) is 0 Å². The van der Waals surface area contributed by atoms with Gasteiger partial charge in [0, 0.05) is 17.1 Å². The van der Waals surface area contributed by atoms with Crippen molar-refractivity contribution in [3.63, 3.8) is 0 Å². The molecule has 1 amide bonds. The molecule has 0 atom stereocenters. The number of carbonyl (C=O) groups is 1. The number of ether oxygens (including phenoxy) is 1. The fraction of sp³-hybridized carbons (Fsp3) is 0.462. The number of rotatable bonds is 5. The quantitative estimate of drug-likeness (QED) is 0.836. The molecule has 0 spiro atoms. The Bertz CT molecular complexity index is 387. The summed E-state index contributed by atoms with van der Waals surface area (Å²) in [7, 11) is 0. The molecule has 0 radical (unpaired) electrons. The molecule has 0 aromatic heterocycles. The zero-order valence-corrected chi connectivity index (χ0v) is 11.4. The van der Waals surface area contributed by atoms with Crippen LogP contribution in [0.15, 0.2) is 28.7 Å². The minimum Gasteiger partial charge on any atom is -0.484 e. The average Bonchev–Trinajstić information content (AvgIpc) is 3.14. The van der Waals surface area contributed by atoms with Gasteiger partial charge in [-0.2, -0.15) is 0 Å². The van der Waals surface area contributed by atoms with E-state index in [1.54, 1.807) is 0 Å². The molecule has 1 fully saturated rings. The van der Waals surface area contributed by atoms with Crippen LogP contribution in [0.1, 0.15) is 19.8 Å². The van der Waals surface area contributed by atoms with E-state index in [-0.39, 0.29) is 12.5 Å². The molecular formula is C13H16BrNO2. The lowest BCUT2D eigenvalue weighted by atomic mass is 10.3. The molecule has 1 aromatic rings. The van der Waals surface area contributed by atoms with Gasteiger partial charge in [-0.3, -0.25) is 4.79 Å². The van der Waals surface area contributed by atoms with Crippen LogP contribution in [0.4, 0.5) is 0 Å². The van der Waals surface area contributed by atoms with E-state index in [1.165, 1.54) is 0 Å². The van der Waals surface area contributed by atoms with Crippen LogP contribution in [0.3, 0.4) is 0 Å². The van der Waals surface area contributed by atoms with Gasteiger partial charge in [0.15, 0.2) is 6.61 Å². The number of hydrogen-bond donors (Lipinski definition) is 0. The lowest BCUT2D eigenvalue weighted by molar-refractivity contribution is -0.133. The average molecular weight is 298 g/mol. The van der Waals surface area contributed by atoms with E-state index in [2.05, 4.69) is 15.9 Å². The summed E-state index contributed by atoms with van der Waals surface area (Å²) in [6.45, 7) is 2.91. The van der Waals surface area contributed by atoms with Crippen molar-refractivity contribution in [1.82, 2.24) is 4.90 Å². The van der Waals surface area contributed by atoms with Crippen LogP contribution in [0.5, 0.6) is 5.75 Å². The summed E-state index contributed by atoms with van der Waals surface area (Å²) in [4.78, 5) is 13.8. The molecule has 1 aliphatic rings. The first kappa shape index (κ1) is 12.4. The molecule has 0 saturated heterocycles. The number of likely N-dealkylation sites (N-methyl/N-ethyl adjacent to an activating group) is 1. The van der Waals surface area contributed by atoms with E-state index in [4.69, 9.17) is 4.74 Å². The van der Waals surface area contributed by atoms with Crippen molar-refractivity contribution in [2.75, 3.05) is 13.2 Å². The zero-order valence-electron chi connectivity index (χ0n) is 9.86. The molecule has 3 nitrogen and oxygen atoms in total. The maximum Gasteiger partial charge on any atom is 0.260 e. The van der Waals surface area contributed by atoms with Gasteiger partial charge in [-0.05, 0) is 44.0 Å². The fourth-order valence-electron chi connectivity index (χ4n) is 1.78. The van der Waals surface area contributed by atoms with Crippen LogP contribution in [-0.4, -0.2) is 30.0 Å². The minimum absolute atomic E-state index is 0.0814. The van der Waals surface area contributed by atoms with Crippen molar-refractivity contribution in [1.29, 1.82) is 0 Å². The number of hydrogen-bond acceptors (Lipinski definition) is 2. The maximum absolute atomic E-state index is 11.9. The molecule has 92 valence electrons. The molecule has 0 bridgehead atoms. The highest BCUT2D eigenvalue weighted by atomic mass is 79.9. The molecule has 1 aliphatic carbocycles. The minimum atomic E-state index is 0.0814. The maximum atomic E-state index is 11.9.